The Morgan fingerprint density at radius 3 is 2.41 bits per heavy atom. The average molecular weight is 272 g/mol. The number of rotatable bonds is 9. The molecule has 5 heteroatoms. The molecule has 0 amide bonds. The topological polar surface area (TPSA) is 21.7 Å². The molecule has 0 bridgehead atoms. The van der Waals surface area contributed by atoms with Gasteiger partial charge in [0.1, 0.15) is 15.4 Å². The van der Waals surface area contributed by atoms with Crippen LogP contribution >= 0.6 is 0 Å². The van der Waals surface area contributed by atoms with Gasteiger partial charge in [0.2, 0.25) is 0 Å². The van der Waals surface area contributed by atoms with Gasteiger partial charge in [0.15, 0.2) is 0 Å². The first kappa shape index (κ1) is 15.4. The van der Waals surface area contributed by atoms with Crippen molar-refractivity contribution in [2.75, 3.05) is 32.8 Å². The summed E-state index contributed by atoms with van der Waals surface area (Å²) in [6.45, 7) is 9.48. The van der Waals surface area contributed by atoms with Crippen molar-refractivity contribution in [3.05, 3.63) is 0 Å². The summed E-state index contributed by atoms with van der Waals surface area (Å²) >= 11 is 0. The molecule has 1 aliphatic heterocycles. The van der Waals surface area contributed by atoms with E-state index < -0.39 is 0 Å². The maximum absolute atomic E-state index is 5.55. The Hall–Kier alpha value is 0.314. The van der Waals surface area contributed by atoms with E-state index in [1.54, 1.807) is 0 Å². The lowest BCUT2D eigenvalue weighted by Gasteiger charge is -2.26. The Bertz CT molecular complexity index is 172. The van der Waals surface area contributed by atoms with Crippen molar-refractivity contribution < 1.29 is 9.47 Å². The van der Waals surface area contributed by atoms with Gasteiger partial charge in [0.25, 0.3) is 0 Å². The van der Waals surface area contributed by atoms with Crippen molar-refractivity contribution in [1.29, 1.82) is 0 Å². The highest BCUT2D eigenvalue weighted by Gasteiger charge is 2.12. The van der Waals surface area contributed by atoms with Crippen LogP contribution in [0.1, 0.15) is 20.3 Å². The van der Waals surface area contributed by atoms with E-state index in [1.165, 1.54) is 53.7 Å². The van der Waals surface area contributed by atoms with E-state index in [4.69, 9.17) is 9.47 Å². The zero-order valence-electron chi connectivity index (χ0n) is 11.2. The molecular formula is C12H25NO2Si2. The molecule has 17 heavy (non-hydrogen) atoms. The van der Waals surface area contributed by atoms with Crippen LogP contribution < -0.4 is 0 Å². The van der Waals surface area contributed by atoms with Crippen LogP contribution in [-0.2, 0) is 9.47 Å². The number of ether oxygens (including phenoxy) is 2. The van der Waals surface area contributed by atoms with Crippen LogP contribution in [0.15, 0.2) is 0 Å². The molecule has 0 aromatic heterocycles. The van der Waals surface area contributed by atoms with E-state index in [0.29, 0.717) is 0 Å². The van der Waals surface area contributed by atoms with Crippen molar-refractivity contribution >= 4 is 19.0 Å². The largest absolute Gasteiger partial charge is 0.357 e. The molecule has 1 saturated heterocycles. The first-order valence-electron chi connectivity index (χ1n) is 6.76. The molecule has 98 valence electrons. The first-order valence-corrected chi connectivity index (χ1v) is 9.46. The second kappa shape index (κ2) is 10.3. The zero-order valence-corrected chi connectivity index (χ0v) is 13.2. The van der Waals surface area contributed by atoms with Gasteiger partial charge >= 0.3 is 0 Å². The maximum Gasteiger partial charge on any atom is 0.137 e. The summed E-state index contributed by atoms with van der Waals surface area (Å²) in [6, 6.07) is 4.08. The summed E-state index contributed by atoms with van der Waals surface area (Å²) in [5.41, 5.74) is 0. The van der Waals surface area contributed by atoms with Crippen LogP contribution in [0.4, 0.5) is 0 Å². The fraction of sp³-hybridized carbons (Fsp3) is 1.00. The second-order valence-electron chi connectivity index (χ2n) is 4.14. The minimum atomic E-state index is 0.0489. The Morgan fingerprint density at radius 1 is 1.18 bits per heavy atom. The molecule has 3 nitrogen and oxygen atoms in total. The lowest BCUT2D eigenvalue weighted by molar-refractivity contribution is -0.0828. The summed E-state index contributed by atoms with van der Waals surface area (Å²) in [5.74, 6) is 0.0489. The highest BCUT2D eigenvalue weighted by atomic mass is 28.2. The molecule has 0 spiro atoms. The number of hydrogen-bond acceptors (Lipinski definition) is 3. The SMILES string of the molecule is CCOC(OCC)[Si]CCCN1CC[Si]CC1. The molecule has 0 unspecified atom stereocenters. The third kappa shape index (κ3) is 7.36. The van der Waals surface area contributed by atoms with E-state index in [0.717, 1.165) is 22.7 Å². The quantitative estimate of drug-likeness (QED) is 0.362. The minimum Gasteiger partial charge on any atom is -0.357 e. The highest BCUT2D eigenvalue weighted by Crippen LogP contribution is 2.06. The van der Waals surface area contributed by atoms with E-state index in [1.807, 2.05) is 13.8 Å². The Morgan fingerprint density at radius 2 is 1.82 bits per heavy atom. The molecule has 4 radical (unpaired) electrons. The van der Waals surface area contributed by atoms with Crippen LogP contribution in [0, 0.1) is 0 Å². The van der Waals surface area contributed by atoms with Gasteiger partial charge < -0.3 is 14.4 Å². The molecule has 0 atom stereocenters. The summed E-state index contributed by atoms with van der Waals surface area (Å²) < 4.78 is 11.1. The van der Waals surface area contributed by atoms with E-state index in [2.05, 4.69) is 4.90 Å². The van der Waals surface area contributed by atoms with E-state index in [9.17, 15) is 0 Å². The van der Waals surface area contributed by atoms with E-state index in [-0.39, 0.29) is 5.91 Å². The molecule has 1 rings (SSSR count). The summed E-state index contributed by atoms with van der Waals surface area (Å²) in [7, 11) is 2.00. The Kier molecular flexibility index (Phi) is 9.27. The fourth-order valence-electron chi connectivity index (χ4n) is 1.93. The summed E-state index contributed by atoms with van der Waals surface area (Å²) in [5, 5.41) is 0. The van der Waals surface area contributed by atoms with Gasteiger partial charge in [-0.1, -0.05) is 6.04 Å². The molecule has 0 aromatic rings. The van der Waals surface area contributed by atoms with Gasteiger partial charge in [-0.15, -0.1) is 0 Å². The van der Waals surface area contributed by atoms with Crippen LogP contribution in [0.25, 0.3) is 0 Å². The Labute approximate surface area is 111 Å². The smallest absolute Gasteiger partial charge is 0.137 e. The molecule has 1 fully saturated rings. The van der Waals surface area contributed by atoms with Crippen LogP contribution in [0.3, 0.4) is 0 Å². The van der Waals surface area contributed by atoms with Crippen molar-refractivity contribution in [2.24, 2.45) is 0 Å². The third-order valence-corrected chi connectivity index (χ3v) is 5.27. The molecule has 1 aliphatic rings. The number of hydrogen-bond donors (Lipinski definition) is 0. The predicted octanol–water partition coefficient (Wildman–Crippen LogP) is 1.71. The van der Waals surface area contributed by atoms with Gasteiger partial charge in [0.05, 0.1) is 0 Å². The first-order chi connectivity index (χ1) is 8.36. The molecule has 0 aliphatic carbocycles. The van der Waals surface area contributed by atoms with Crippen molar-refractivity contribution in [3.63, 3.8) is 0 Å². The molecule has 0 saturated carbocycles. The van der Waals surface area contributed by atoms with Crippen LogP contribution in [0.2, 0.25) is 18.1 Å². The second-order valence-corrected chi connectivity index (χ2v) is 7.02. The van der Waals surface area contributed by atoms with Crippen molar-refractivity contribution in [2.45, 2.75) is 44.3 Å². The van der Waals surface area contributed by atoms with Crippen molar-refractivity contribution in [1.82, 2.24) is 4.90 Å². The highest BCUT2D eigenvalue weighted by molar-refractivity contribution is 6.36. The molecule has 0 aromatic carbocycles. The molecule has 1 heterocycles. The van der Waals surface area contributed by atoms with Gasteiger partial charge in [-0.25, -0.2) is 0 Å². The Balaban J connectivity index is 2.00. The standard InChI is InChI=1S/C12H25NO2Si2/c1-3-14-12(15-4-2)17-9-5-6-13-7-10-16-11-8-13/h12H,3-11H2,1-2H3. The number of nitrogens with zero attached hydrogens (tertiary/aromatic N) is 1. The van der Waals surface area contributed by atoms with Crippen LogP contribution in [0.5, 0.6) is 0 Å². The van der Waals surface area contributed by atoms with Crippen LogP contribution in [-0.4, -0.2) is 62.7 Å². The van der Waals surface area contributed by atoms with E-state index >= 15 is 0 Å². The third-order valence-electron chi connectivity index (χ3n) is 2.81. The lowest BCUT2D eigenvalue weighted by atomic mass is 10.4. The average Bonchev–Trinajstić information content (AvgIpc) is 2.36. The lowest BCUT2D eigenvalue weighted by Crippen LogP contribution is -2.33. The summed E-state index contributed by atoms with van der Waals surface area (Å²) in [6.07, 6.45) is 1.29. The normalized spacial score (nSPS) is 17.8. The van der Waals surface area contributed by atoms with Gasteiger partial charge in [-0.3, -0.25) is 0 Å². The molecular weight excluding hydrogens is 246 g/mol. The van der Waals surface area contributed by atoms with Gasteiger partial charge in [-0.2, -0.15) is 0 Å². The van der Waals surface area contributed by atoms with Gasteiger partial charge in [0, 0.05) is 22.7 Å². The summed E-state index contributed by atoms with van der Waals surface area (Å²) in [4.78, 5) is 2.61. The predicted molar refractivity (Wildman–Crippen MR) is 74.0 cm³/mol. The maximum atomic E-state index is 5.55. The van der Waals surface area contributed by atoms with Crippen molar-refractivity contribution in [3.8, 4) is 0 Å². The zero-order chi connectivity index (χ0) is 12.3. The van der Waals surface area contributed by atoms with Gasteiger partial charge in [-0.05, 0) is 52.0 Å². The fourth-order valence-corrected chi connectivity index (χ4v) is 4.29. The minimum absolute atomic E-state index is 0.0489. The monoisotopic (exact) mass is 271 g/mol. The molecule has 0 N–H and O–H groups in total.